The van der Waals surface area contributed by atoms with Crippen LogP contribution in [0.2, 0.25) is 0 Å². The highest BCUT2D eigenvalue weighted by Crippen LogP contribution is 2.28. The number of carbonyl (C=O) groups is 1. The highest BCUT2D eigenvalue weighted by atomic mass is 16.3. The Bertz CT molecular complexity index is 423. The number of hydrogen-bond donors (Lipinski definition) is 1. The van der Waals surface area contributed by atoms with Crippen molar-refractivity contribution in [2.75, 3.05) is 6.61 Å². The van der Waals surface area contributed by atoms with Gasteiger partial charge < -0.3 is 5.11 Å². The number of aliphatic hydroxyl groups is 1. The van der Waals surface area contributed by atoms with Gasteiger partial charge in [-0.15, -0.1) is 0 Å². The van der Waals surface area contributed by atoms with Crippen LogP contribution in [0.4, 0.5) is 0 Å². The monoisotopic (exact) mass is 236 g/mol. The molecule has 0 amide bonds. The Kier molecular flexibility index (Phi) is 3.62. The van der Waals surface area contributed by atoms with Crippen LogP contribution in [0.3, 0.4) is 0 Å². The van der Waals surface area contributed by atoms with Gasteiger partial charge in [-0.05, 0) is 18.8 Å². The molecule has 0 saturated carbocycles. The maximum absolute atomic E-state index is 12.1. The molecule has 0 aliphatic heterocycles. The Balaban J connectivity index is 2.44. The van der Waals surface area contributed by atoms with Gasteiger partial charge in [0.15, 0.2) is 5.78 Å². The van der Waals surface area contributed by atoms with Crippen molar-refractivity contribution in [3.8, 4) is 0 Å². The zero-order valence-corrected chi connectivity index (χ0v) is 10.6. The van der Waals surface area contributed by atoms with E-state index < -0.39 is 0 Å². The first-order valence-electron chi connectivity index (χ1n) is 6.40. The third-order valence-corrected chi connectivity index (χ3v) is 3.28. The Morgan fingerprint density at radius 3 is 2.88 bits per heavy atom. The number of hydrogen-bond acceptors (Lipinski definition) is 3. The lowest BCUT2D eigenvalue weighted by Gasteiger charge is -2.19. The van der Waals surface area contributed by atoms with E-state index in [1.807, 2.05) is 4.68 Å². The van der Waals surface area contributed by atoms with E-state index in [0.717, 1.165) is 36.2 Å². The van der Waals surface area contributed by atoms with Gasteiger partial charge in [0.25, 0.3) is 0 Å². The van der Waals surface area contributed by atoms with Gasteiger partial charge in [0.1, 0.15) is 0 Å². The van der Waals surface area contributed by atoms with Crippen molar-refractivity contribution in [2.45, 2.75) is 46.1 Å². The van der Waals surface area contributed by atoms with Crippen LogP contribution in [0, 0.1) is 5.92 Å². The molecule has 1 aromatic heterocycles. The first-order valence-corrected chi connectivity index (χ1v) is 6.40. The van der Waals surface area contributed by atoms with Gasteiger partial charge in [-0.2, -0.15) is 5.10 Å². The van der Waals surface area contributed by atoms with Crippen molar-refractivity contribution >= 4 is 5.78 Å². The second-order valence-corrected chi connectivity index (χ2v) is 4.90. The van der Waals surface area contributed by atoms with Crippen molar-refractivity contribution in [3.05, 3.63) is 17.0 Å². The summed E-state index contributed by atoms with van der Waals surface area (Å²) >= 11 is 0. The molecule has 17 heavy (non-hydrogen) atoms. The minimum Gasteiger partial charge on any atom is -0.394 e. The van der Waals surface area contributed by atoms with E-state index in [9.17, 15) is 4.79 Å². The average molecular weight is 236 g/mol. The summed E-state index contributed by atoms with van der Waals surface area (Å²) in [7, 11) is 0. The standard InChI is InChI=1S/C13H20N2O2/c1-3-4-10-13-11(15(14-10)5-6-16)7-9(2)8-12(13)17/h9,16H,3-8H2,1-2H3. The summed E-state index contributed by atoms with van der Waals surface area (Å²) in [6, 6.07) is 0. The largest absolute Gasteiger partial charge is 0.394 e. The van der Waals surface area contributed by atoms with Crippen LogP contribution >= 0.6 is 0 Å². The van der Waals surface area contributed by atoms with E-state index >= 15 is 0 Å². The maximum Gasteiger partial charge on any atom is 0.166 e. The molecule has 0 radical (unpaired) electrons. The lowest BCUT2D eigenvalue weighted by molar-refractivity contribution is 0.0951. The highest BCUT2D eigenvalue weighted by molar-refractivity contribution is 5.99. The summed E-state index contributed by atoms with van der Waals surface area (Å²) in [5, 5.41) is 13.5. The predicted molar refractivity (Wildman–Crippen MR) is 65.1 cm³/mol. The van der Waals surface area contributed by atoms with Crippen LogP contribution in [0.15, 0.2) is 0 Å². The van der Waals surface area contributed by atoms with E-state index in [4.69, 9.17) is 5.11 Å². The fourth-order valence-corrected chi connectivity index (χ4v) is 2.59. The van der Waals surface area contributed by atoms with E-state index in [1.54, 1.807) is 0 Å². The molecule has 1 atom stereocenters. The molecule has 1 N–H and O–H groups in total. The van der Waals surface area contributed by atoms with Crippen molar-refractivity contribution in [1.29, 1.82) is 0 Å². The quantitative estimate of drug-likeness (QED) is 0.863. The first-order chi connectivity index (χ1) is 8.17. The molecule has 0 saturated heterocycles. The SMILES string of the molecule is CCCc1nn(CCO)c2c1C(=O)CC(C)C2. The van der Waals surface area contributed by atoms with E-state index in [0.29, 0.717) is 18.9 Å². The van der Waals surface area contributed by atoms with Crippen LogP contribution in [0.5, 0.6) is 0 Å². The molecule has 0 bridgehead atoms. The zero-order valence-electron chi connectivity index (χ0n) is 10.6. The van der Waals surface area contributed by atoms with Gasteiger partial charge in [-0.1, -0.05) is 20.3 Å². The molecular weight excluding hydrogens is 216 g/mol. The number of nitrogens with zero attached hydrogens (tertiary/aromatic N) is 2. The number of ketones is 1. The Morgan fingerprint density at radius 1 is 1.47 bits per heavy atom. The number of fused-ring (bicyclic) bond motifs is 1. The van der Waals surface area contributed by atoms with Gasteiger partial charge in [0, 0.05) is 12.1 Å². The molecule has 1 aliphatic rings. The Morgan fingerprint density at radius 2 is 2.24 bits per heavy atom. The fourth-order valence-electron chi connectivity index (χ4n) is 2.59. The lowest BCUT2D eigenvalue weighted by atomic mass is 9.86. The minimum absolute atomic E-state index is 0.0717. The number of aryl methyl sites for hydroxylation is 1. The molecule has 0 aromatic carbocycles. The zero-order chi connectivity index (χ0) is 12.4. The van der Waals surface area contributed by atoms with Crippen LogP contribution in [0.25, 0.3) is 0 Å². The molecule has 1 aliphatic carbocycles. The summed E-state index contributed by atoms with van der Waals surface area (Å²) in [6.45, 7) is 4.75. The van der Waals surface area contributed by atoms with Crippen molar-refractivity contribution in [1.82, 2.24) is 9.78 Å². The summed E-state index contributed by atoms with van der Waals surface area (Å²) in [6.07, 6.45) is 3.37. The molecular formula is C13H20N2O2. The van der Waals surface area contributed by atoms with Gasteiger partial charge >= 0.3 is 0 Å². The average Bonchev–Trinajstić information content (AvgIpc) is 2.58. The smallest absolute Gasteiger partial charge is 0.166 e. The molecule has 4 nitrogen and oxygen atoms in total. The van der Waals surface area contributed by atoms with E-state index in [2.05, 4.69) is 18.9 Å². The van der Waals surface area contributed by atoms with E-state index in [-0.39, 0.29) is 12.4 Å². The third-order valence-electron chi connectivity index (χ3n) is 3.28. The third kappa shape index (κ3) is 2.27. The van der Waals surface area contributed by atoms with Crippen LogP contribution in [0.1, 0.15) is 48.4 Å². The number of aliphatic hydroxyl groups excluding tert-OH is 1. The second-order valence-electron chi connectivity index (χ2n) is 4.90. The minimum atomic E-state index is 0.0717. The second kappa shape index (κ2) is 5.00. The predicted octanol–water partition coefficient (Wildman–Crippen LogP) is 1.59. The van der Waals surface area contributed by atoms with Crippen LogP contribution < -0.4 is 0 Å². The Labute approximate surface area is 102 Å². The maximum atomic E-state index is 12.1. The molecule has 1 heterocycles. The first kappa shape index (κ1) is 12.3. The normalized spacial score (nSPS) is 19.5. The summed E-state index contributed by atoms with van der Waals surface area (Å²) < 4.78 is 1.83. The molecule has 94 valence electrons. The summed E-state index contributed by atoms with van der Waals surface area (Å²) in [4.78, 5) is 12.1. The van der Waals surface area contributed by atoms with Gasteiger partial charge in [-0.3, -0.25) is 9.48 Å². The molecule has 4 heteroatoms. The van der Waals surface area contributed by atoms with E-state index in [1.165, 1.54) is 0 Å². The number of aromatic nitrogens is 2. The highest BCUT2D eigenvalue weighted by Gasteiger charge is 2.29. The fraction of sp³-hybridized carbons (Fsp3) is 0.692. The van der Waals surface area contributed by atoms with Crippen LogP contribution in [-0.4, -0.2) is 27.3 Å². The number of rotatable bonds is 4. The van der Waals surface area contributed by atoms with Crippen molar-refractivity contribution < 1.29 is 9.90 Å². The number of carbonyl (C=O) groups excluding carboxylic acids is 1. The topological polar surface area (TPSA) is 55.1 Å². The molecule has 1 unspecified atom stereocenters. The van der Waals surface area contributed by atoms with Crippen LogP contribution in [-0.2, 0) is 19.4 Å². The molecule has 1 aromatic rings. The van der Waals surface area contributed by atoms with Gasteiger partial charge in [0.05, 0.1) is 24.4 Å². The van der Waals surface area contributed by atoms with Crippen molar-refractivity contribution in [2.24, 2.45) is 5.92 Å². The van der Waals surface area contributed by atoms with Gasteiger partial charge in [-0.25, -0.2) is 0 Å². The summed E-state index contributed by atoms with van der Waals surface area (Å²) in [5.41, 5.74) is 2.80. The lowest BCUT2D eigenvalue weighted by Crippen LogP contribution is -2.21. The number of Topliss-reactive ketones (excluding diaryl/α,β-unsaturated/α-hetero) is 1. The molecule has 0 spiro atoms. The summed E-state index contributed by atoms with van der Waals surface area (Å²) in [5.74, 6) is 0.616. The molecule has 0 fully saturated rings. The Hall–Kier alpha value is -1.16. The van der Waals surface area contributed by atoms with Gasteiger partial charge in [0.2, 0.25) is 0 Å². The van der Waals surface area contributed by atoms with Crippen molar-refractivity contribution in [3.63, 3.8) is 0 Å². The molecule has 2 rings (SSSR count).